The van der Waals surface area contributed by atoms with Gasteiger partial charge in [-0.05, 0) is 38.8 Å². The van der Waals surface area contributed by atoms with Crippen LogP contribution in [0.25, 0.3) is 0 Å². The van der Waals surface area contributed by atoms with Crippen LogP contribution in [0.5, 0.6) is 0 Å². The number of nitriles is 1. The van der Waals surface area contributed by atoms with E-state index in [1.807, 2.05) is 26.8 Å². The lowest BCUT2D eigenvalue weighted by Gasteiger charge is -2.22. The van der Waals surface area contributed by atoms with Crippen molar-refractivity contribution in [3.8, 4) is 6.07 Å². The highest BCUT2D eigenvalue weighted by atomic mass is 16.2. The lowest BCUT2D eigenvalue weighted by atomic mass is 10.2. The summed E-state index contributed by atoms with van der Waals surface area (Å²) in [6, 6.07) is 5.88. The molecule has 1 aliphatic rings. The monoisotopic (exact) mass is 379 g/mol. The number of carbonyl (C=O) groups excluding carboxylic acids is 1. The third-order valence-electron chi connectivity index (χ3n) is 5.00. The van der Waals surface area contributed by atoms with E-state index in [-0.39, 0.29) is 17.8 Å². The third-order valence-corrected chi connectivity index (χ3v) is 5.00. The Bertz CT molecular complexity index is 948. The highest BCUT2D eigenvalue weighted by molar-refractivity contribution is 5.90. The van der Waals surface area contributed by atoms with Crippen LogP contribution in [0.1, 0.15) is 39.6 Å². The Balaban J connectivity index is 1.80. The van der Waals surface area contributed by atoms with Crippen LogP contribution in [0, 0.1) is 32.1 Å². The molecule has 1 fully saturated rings. The van der Waals surface area contributed by atoms with Crippen molar-refractivity contribution in [3.63, 3.8) is 0 Å². The van der Waals surface area contributed by atoms with Crippen LogP contribution < -0.4 is 10.2 Å². The zero-order chi connectivity index (χ0) is 20.4. The Labute approximate surface area is 165 Å². The summed E-state index contributed by atoms with van der Waals surface area (Å²) in [5, 5.41) is 12.5. The molecular weight excluding hydrogens is 354 g/mol. The molecule has 0 aliphatic carbocycles. The molecule has 1 N–H and O–H groups in total. The smallest absolute Gasteiger partial charge is 0.291 e. The normalized spacial score (nSPS) is 16.0. The Morgan fingerprint density at radius 3 is 2.68 bits per heavy atom. The third kappa shape index (κ3) is 3.88. The Hall–Kier alpha value is -3.21. The molecule has 1 amide bonds. The quantitative estimate of drug-likeness (QED) is 0.868. The Morgan fingerprint density at radius 1 is 1.25 bits per heavy atom. The summed E-state index contributed by atoms with van der Waals surface area (Å²) in [5.41, 5.74) is 3.20. The zero-order valence-corrected chi connectivity index (χ0v) is 16.9. The number of amides is 1. The molecule has 0 saturated carbocycles. The molecule has 3 rings (SSSR count). The standard InChI is InChI=1S/C20H25N7O/c1-12-6-7-15(10-21)23-17(12)24-16-8-9-27(11-16)19-13(2)14(3)22-18(25-19)20(28)26(4)5/h6-7,16H,8-9,11H2,1-5H3,(H,23,24)/t16-/m1/s1. The summed E-state index contributed by atoms with van der Waals surface area (Å²) in [6.07, 6.45) is 0.914. The molecule has 0 spiro atoms. The largest absolute Gasteiger partial charge is 0.365 e. The number of hydrogen-bond acceptors (Lipinski definition) is 7. The number of anilines is 2. The second-order valence-corrected chi connectivity index (χ2v) is 7.33. The first-order chi connectivity index (χ1) is 13.3. The summed E-state index contributed by atoms with van der Waals surface area (Å²) in [5.74, 6) is 1.56. The van der Waals surface area contributed by atoms with Gasteiger partial charge in [0, 0.05) is 44.5 Å². The molecule has 1 atom stereocenters. The molecule has 1 saturated heterocycles. The van der Waals surface area contributed by atoms with Crippen LogP contribution in [-0.4, -0.2) is 59.0 Å². The summed E-state index contributed by atoms with van der Waals surface area (Å²) in [4.78, 5) is 29.3. The lowest BCUT2D eigenvalue weighted by molar-refractivity contribution is 0.0815. The number of aromatic nitrogens is 3. The van der Waals surface area contributed by atoms with Crippen molar-refractivity contribution in [2.45, 2.75) is 33.2 Å². The van der Waals surface area contributed by atoms with Crippen molar-refractivity contribution in [3.05, 3.63) is 40.5 Å². The first-order valence-corrected chi connectivity index (χ1v) is 9.26. The van der Waals surface area contributed by atoms with E-state index in [9.17, 15) is 4.79 Å². The van der Waals surface area contributed by atoms with Gasteiger partial charge < -0.3 is 15.1 Å². The Morgan fingerprint density at radius 2 is 2.00 bits per heavy atom. The van der Waals surface area contributed by atoms with Gasteiger partial charge in [-0.25, -0.2) is 15.0 Å². The van der Waals surface area contributed by atoms with Crippen LogP contribution in [0.4, 0.5) is 11.6 Å². The number of nitrogens with one attached hydrogen (secondary N) is 1. The summed E-state index contributed by atoms with van der Waals surface area (Å²) in [7, 11) is 3.39. The number of rotatable bonds is 4. The van der Waals surface area contributed by atoms with E-state index in [4.69, 9.17) is 5.26 Å². The molecule has 8 heteroatoms. The molecule has 0 bridgehead atoms. The number of hydrogen-bond donors (Lipinski definition) is 1. The van der Waals surface area contributed by atoms with Crippen molar-refractivity contribution in [1.29, 1.82) is 5.26 Å². The van der Waals surface area contributed by atoms with E-state index >= 15 is 0 Å². The molecular formula is C20H25N7O. The average Bonchev–Trinajstić information content (AvgIpc) is 3.13. The molecule has 0 aromatic carbocycles. The topological polar surface area (TPSA) is 98.0 Å². The number of pyridine rings is 1. The van der Waals surface area contributed by atoms with Gasteiger partial charge in [-0.15, -0.1) is 0 Å². The minimum absolute atomic E-state index is 0.183. The van der Waals surface area contributed by atoms with Crippen molar-refractivity contribution in [2.75, 3.05) is 37.4 Å². The van der Waals surface area contributed by atoms with E-state index < -0.39 is 0 Å². The van der Waals surface area contributed by atoms with E-state index in [0.29, 0.717) is 5.69 Å². The second kappa shape index (κ2) is 7.80. The average molecular weight is 379 g/mol. The van der Waals surface area contributed by atoms with E-state index in [2.05, 4.69) is 31.2 Å². The van der Waals surface area contributed by atoms with Crippen LogP contribution in [-0.2, 0) is 0 Å². The van der Waals surface area contributed by atoms with Crippen molar-refractivity contribution in [2.24, 2.45) is 0 Å². The van der Waals surface area contributed by atoms with Gasteiger partial charge in [0.1, 0.15) is 23.4 Å². The van der Waals surface area contributed by atoms with Gasteiger partial charge in [0.05, 0.1) is 0 Å². The van der Waals surface area contributed by atoms with Gasteiger partial charge in [0.15, 0.2) is 0 Å². The maximum atomic E-state index is 12.3. The fourth-order valence-electron chi connectivity index (χ4n) is 3.22. The predicted octanol–water partition coefficient (Wildman–Crippen LogP) is 2.06. The molecule has 8 nitrogen and oxygen atoms in total. The van der Waals surface area contributed by atoms with Crippen LogP contribution in [0.2, 0.25) is 0 Å². The number of nitrogens with zero attached hydrogens (tertiary/aromatic N) is 6. The first-order valence-electron chi connectivity index (χ1n) is 9.26. The lowest BCUT2D eigenvalue weighted by Crippen LogP contribution is -2.30. The number of aryl methyl sites for hydroxylation is 2. The van der Waals surface area contributed by atoms with Crippen LogP contribution >= 0.6 is 0 Å². The molecule has 146 valence electrons. The van der Waals surface area contributed by atoms with Crippen LogP contribution in [0.15, 0.2) is 12.1 Å². The van der Waals surface area contributed by atoms with E-state index in [1.54, 1.807) is 20.2 Å². The van der Waals surface area contributed by atoms with E-state index in [0.717, 1.165) is 48.0 Å². The summed E-state index contributed by atoms with van der Waals surface area (Å²) >= 11 is 0. The van der Waals surface area contributed by atoms with Gasteiger partial charge in [-0.1, -0.05) is 6.07 Å². The van der Waals surface area contributed by atoms with Gasteiger partial charge in [-0.2, -0.15) is 5.26 Å². The van der Waals surface area contributed by atoms with Gasteiger partial charge in [0.2, 0.25) is 5.82 Å². The highest BCUT2D eigenvalue weighted by Crippen LogP contribution is 2.26. The molecule has 0 radical (unpaired) electrons. The molecule has 1 aliphatic heterocycles. The van der Waals surface area contributed by atoms with Crippen molar-refractivity contribution in [1.82, 2.24) is 19.9 Å². The highest BCUT2D eigenvalue weighted by Gasteiger charge is 2.27. The molecule has 2 aromatic heterocycles. The zero-order valence-electron chi connectivity index (χ0n) is 16.9. The summed E-state index contributed by atoms with van der Waals surface area (Å²) < 4.78 is 0. The fourth-order valence-corrected chi connectivity index (χ4v) is 3.22. The Kier molecular flexibility index (Phi) is 5.45. The molecule has 3 heterocycles. The van der Waals surface area contributed by atoms with Crippen LogP contribution in [0.3, 0.4) is 0 Å². The minimum atomic E-state index is -0.202. The second-order valence-electron chi connectivity index (χ2n) is 7.33. The predicted molar refractivity (Wildman–Crippen MR) is 107 cm³/mol. The molecule has 2 aromatic rings. The van der Waals surface area contributed by atoms with Crippen molar-refractivity contribution >= 4 is 17.5 Å². The SMILES string of the molecule is Cc1ccc(C#N)nc1N[C@@H]1CCN(c2nc(C(=O)N(C)C)nc(C)c2C)C1. The van der Waals surface area contributed by atoms with Crippen molar-refractivity contribution < 1.29 is 4.79 Å². The van der Waals surface area contributed by atoms with E-state index in [1.165, 1.54) is 4.90 Å². The maximum Gasteiger partial charge on any atom is 0.291 e. The fraction of sp³-hybridized carbons (Fsp3) is 0.450. The van der Waals surface area contributed by atoms with Gasteiger partial charge in [-0.3, -0.25) is 4.79 Å². The molecule has 28 heavy (non-hydrogen) atoms. The van der Waals surface area contributed by atoms with Gasteiger partial charge in [0.25, 0.3) is 5.91 Å². The summed E-state index contributed by atoms with van der Waals surface area (Å²) in [6.45, 7) is 7.42. The molecule has 0 unspecified atom stereocenters. The van der Waals surface area contributed by atoms with Gasteiger partial charge >= 0.3 is 0 Å². The first kappa shape index (κ1) is 19.5. The number of carbonyl (C=O) groups is 1. The minimum Gasteiger partial charge on any atom is -0.365 e. The maximum absolute atomic E-state index is 12.3.